The van der Waals surface area contributed by atoms with E-state index in [-0.39, 0.29) is 76.3 Å². The maximum Gasteiger partial charge on any atom is 0.352 e. The molecule has 1 saturated heterocycles. The fraction of sp³-hybridized carbons (Fsp3) is 0.628. The first kappa shape index (κ1) is 62.2. The highest BCUT2D eigenvalue weighted by atomic mass is 16.4. The molecular formula is C43H74N18O12. The molecule has 8 amide bonds. The van der Waals surface area contributed by atoms with Crippen LogP contribution in [0, 0.1) is 5.41 Å². The van der Waals surface area contributed by atoms with E-state index >= 15 is 0 Å². The number of carbonyl (C=O) groups is 9. The van der Waals surface area contributed by atoms with Gasteiger partial charge in [-0.05, 0) is 77.9 Å². The molecule has 1 aromatic rings. The number of aliphatic imine (C=N–C) groups is 1. The molecule has 2 rings (SSSR count). The van der Waals surface area contributed by atoms with Crippen LogP contribution in [-0.2, 0) is 49.6 Å². The summed E-state index contributed by atoms with van der Waals surface area (Å²) in [7, 11) is 0. The van der Waals surface area contributed by atoms with Gasteiger partial charge < -0.3 is 96.8 Å². The van der Waals surface area contributed by atoms with Crippen LogP contribution >= 0.6 is 0 Å². The fourth-order valence-corrected chi connectivity index (χ4v) is 7.14. The predicted octanol–water partition coefficient (Wildman–Crippen LogP) is -7.44. The topological polar surface area (TPSA) is 523 Å². The van der Waals surface area contributed by atoms with Crippen molar-refractivity contribution >= 4 is 64.9 Å². The summed E-state index contributed by atoms with van der Waals surface area (Å²) in [6.45, 7) is 0.405. The van der Waals surface area contributed by atoms with Crippen molar-refractivity contribution in [3.63, 3.8) is 0 Å². The van der Waals surface area contributed by atoms with E-state index in [1.807, 2.05) is 0 Å². The van der Waals surface area contributed by atoms with Crippen LogP contribution in [0.15, 0.2) is 29.3 Å². The molecule has 0 saturated carbocycles. The van der Waals surface area contributed by atoms with Gasteiger partial charge in [0.05, 0.1) is 31.1 Å². The summed E-state index contributed by atoms with van der Waals surface area (Å²) in [4.78, 5) is 131. The number of aromatic amines is 1. The number of nitrogens with zero attached hydrogens (tertiary/aromatic N) is 3. The van der Waals surface area contributed by atoms with Gasteiger partial charge in [-0.3, -0.25) is 43.8 Å². The Bertz CT molecular complexity index is 2090. The van der Waals surface area contributed by atoms with Gasteiger partial charge in [-0.15, -0.1) is 0 Å². The van der Waals surface area contributed by atoms with Crippen molar-refractivity contribution in [3.8, 4) is 0 Å². The van der Waals surface area contributed by atoms with E-state index in [2.05, 4.69) is 52.2 Å². The van der Waals surface area contributed by atoms with Crippen molar-refractivity contribution in [1.82, 2.24) is 52.1 Å². The highest BCUT2D eigenvalue weighted by Crippen LogP contribution is 2.20. The lowest BCUT2D eigenvalue weighted by atomic mass is 10.1. The van der Waals surface area contributed by atoms with Gasteiger partial charge in [-0.2, -0.15) is 0 Å². The van der Waals surface area contributed by atoms with Crippen LogP contribution in [0.3, 0.4) is 0 Å². The van der Waals surface area contributed by atoms with Crippen LogP contribution in [-0.4, -0.2) is 189 Å². The van der Waals surface area contributed by atoms with Crippen LogP contribution in [0.4, 0.5) is 0 Å². The van der Waals surface area contributed by atoms with Crippen molar-refractivity contribution < 1.29 is 58.5 Å². The molecule has 30 heteroatoms. The van der Waals surface area contributed by atoms with Crippen molar-refractivity contribution in [3.05, 3.63) is 30.0 Å². The Labute approximate surface area is 421 Å². The molecule has 24 N–H and O–H groups in total. The fourth-order valence-electron chi connectivity index (χ4n) is 7.14. The average molecular weight is 1040 g/mol. The van der Waals surface area contributed by atoms with Gasteiger partial charge >= 0.3 is 5.97 Å². The first-order valence-corrected chi connectivity index (χ1v) is 23.8. The molecule has 30 nitrogen and oxygen atoms in total. The molecule has 0 unspecified atom stereocenters. The zero-order chi connectivity index (χ0) is 54.6. The maximum absolute atomic E-state index is 14.1. The zero-order valence-electron chi connectivity index (χ0n) is 40.9. The van der Waals surface area contributed by atoms with Crippen molar-refractivity contribution in [2.24, 2.45) is 39.4 Å². The van der Waals surface area contributed by atoms with Gasteiger partial charge in [0.2, 0.25) is 35.4 Å². The second kappa shape index (κ2) is 32.9. The largest absolute Gasteiger partial charge is 0.477 e. The number of imidazole rings is 1. The Morgan fingerprint density at radius 3 is 2.15 bits per heavy atom. The van der Waals surface area contributed by atoms with Crippen LogP contribution in [0.25, 0.3) is 0 Å². The molecule has 0 aliphatic carbocycles. The number of aliphatic hydroxyl groups is 2. The van der Waals surface area contributed by atoms with Crippen molar-refractivity contribution in [1.29, 1.82) is 5.41 Å². The Kier molecular flexibility index (Phi) is 28.0. The Balaban J connectivity index is 2.28. The summed E-state index contributed by atoms with van der Waals surface area (Å²) < 4.78 is 0. The molecule has 1 aliphatic rings. The third kappa shape index (κ3) is 22.1. The van der Waals surface area contributed by atoms with E-state index in [9.17, 15) is 58.5 Å². The minimum Gasteiger partial charge on any atom is -0.477 e. The van der Waals surface area contributed by atoms with Crippen molar-refractivity contribution in [2.45, 2.75) is 126 Å². The number of carboxylic acid groups (broad SMARTS) is 1. The third-order valence-electron chi connectivity index (χ3n) is 11.1. The number of aliphatic carboxylic acids is 1. The van der Waals surface area contributed by atoms with Gasteiger partial charge in [-0.1, -0.05) is 12.5 Å². The highest BCUT2D eigenvalue weighted by Gasteiger charge is 2.42. The maximum atomic E-state index is 14.1. The summed E-state index contributed by atoms with van der Waals surface area (Å²) in [5.74, 6) is -9.13. The van der Waals surface area contributed by atoms with E-state index in [1.165, 1.54) is 25.5 Å². The Hall–Kier alpha value is -6.96. The number of aliphatic hydroxyl groups excluding tert-OH is 2. The number of unbranched alkanes of at least 4 members (excludes halogenated alkanes) is 2. The molecule has 0 radical (unpaired) electrons. The lowest BCUT2D eigenvalue weighted by Crippen LogP contribution is -2.60. The summed E-state index contributed by atoms with van der Waals surface area (Å²) in [5, 5.41) is 55.1. The normalized spacial score (nSPS) is 17.2. The molecule has 408 valence electrons. The molecule has 1 fully saturated rings. The minimum atomic E-state index is -1.59. The number of β-amino-alcohol motifs (C(OH)–C–C–N with tert-alkyl or cyclic N) is 1. The lowest BCUT2D eigenvalue weighted by Gasteiger charge is -2.27. The third-order valence-corrected chi connectivity index (χ3v) is 11.1. The summed E-state index contributed by atoms with van der Waals surface area (Å²) in [6, 6.07) is -8.17. The lowest BCUT2D eigenvalue weighted by molar-refractivity contribution is -0.137. The number of hydrogen-bond acceptors (Lipinski definition) is 18. The van der Waals surface area contributed by atoms with E-state index in [0.29, 0.717) is 37.9 Å². The van der Waals surface area contributed by atoms with Crippen LogP contribution < -0.4 is 71.6 Å². The average Bonchev–Trinajstić information content (AvgIpc) is 4.02. The number of amides is 8. The van der Waals surface area contributed by atoms with Gasteiger partial charge in [-0.25, -0.2) is 14.8 Å². The van der Waals surface area contributed by atoms with E-state index in [1.54, 1.807) is 0 Å². The smallest absolute Gasteiger partial charge is 0.352 e. The van der Waals surface area contributed by atoms with Crippen LogP contribution in [0.2, 0.25) is 0 Å². The van der Waals surface area contributed by atoms with E-state index in [0.717, 1.165) is 4.90 Å². The summed E-state index contributed by atoms with van der Waals surface area (Å²) in [6.07, 6.45) is 2.75. The number of carboxylic acids is 1. The van der Waals surface area contributed by atoms with Gasteiger partial charge in [0, 0.05) is 44.4 Å². The Morgan fingerprint density at radius 2 is 1.55 bits per heavy atom. The number of guanidine groups is 1. The molecule has 2 heterocycles. The molecule has 73 heavy (non-hydrogen) atoms. The van der Waals surface area contributed by atoms with Crippen LogP contribution in [0.5, 0.6) is 0 Å². The number of likely N-dealkylation sites (tertiary alicyclic amines) is 1. The number of rotatable bonds is 33. The first-order chi connectivity index (χ1) is 34.7. The first-order valence-electron chi connectivity index (χ1n) is 23.8. The zero-order valence-corrected chi connectivity index (χ0v) is 40.9. The van der Waals surface area contributed by atoms with Gasteiger partial charge in [0.25, 0.3) is 11.8 Å². The predicted molar refractivity (Wildman–Crippen MR) is 263 cm³/mol. The SMILES string of the molecule is C[C@H](NC(=O)[C@@H](NC(=O)[C@@H](N)CCCCN)[C@@H](O)CN)C(=O)NCC(=O)/N=C(\CCCN)C(=O)N1C[C@H](O)C[C@H]1C(=O)N[C@@H](Cc1cnc[nH]1)C(=O)N[C@@H](CCCCN)C(=O)N/C(=C\CCNC(=N)N)C(=O)O. The highest BCUT2D eigenvalue weighted by molar-refractivity contribution is 6.40. The summed E-state index contributed by atoms with van der Waals surface area (Å²) in [5.41, 5.74) is 33.0. The second-order valence-corrected chi connectivity index (χ2v) is 17.1. The quantitative estimate of drug-likeness (QED) is 0.0135. The van der Waals surface area contributed by atoms with E-state index in [4.69, 9.17) is 39.8 Å². The minimum absolute atomic E-state index is 0.00652. The number of aromatic nitrogens is 2. The molecule has 0 bridgehead atoms. The number of nitrogens with one attached hydrogen (secondary N) is 9. The molecule has 8 atom stereocenters. The molecule has 1 aliphatic heterocycles. The van der Waals surface area contributed by atoms with E-state index < -0.39 is 127 Å². The number of H-pyrrole nitrogens is 1. The summed E-state index contributed by atoms with van der Waals surface area (Å²) >= 11 is 0. The standard InChI is InChI=1S/C43H74N18O12/c1-23(55-40(70)34(32(63)18-47)60-36(66)26(48)8-2-4-12-44)35(65)53-20-33(64)56-28(10-6-14-46)41(71)61-21-25(62)17-31(61)39(69)59-30(16-24-19-51-22-54-24)38(68)57-27(9-3-5-13-45)37(67)58-29(42(72)73)11-7-15-52-43(49)50/h11,19,22-23,25-27,30-32,34,62-63H,2-10,12-18,20-21,44-48H2,1H3,(H,51,54)(H,53,65)(H,55,70)(H,57,68)(H,58,67)(H,59,69)(H,60,66)(H,72,73)(H4,49,50,52)/b29-11-,56-28+/t23-,25+,26-,27-,30-,31-,32-,34-/m0/s1. The second-order valence-electron chi connectivity index (χ2n) is 17.1. The molecule has 0 aromatic carbocycles. The Morgan fingerprint density at radius 1 is 0.877 bits per heavy atom. The monoisotopic (exact) mass is 1030 g/mol. The van der Waals surface area contributed by atoms with Gasteiger partial charge in [0.1, 0.15) is 41.6 Å². The van der Waals surface area contributed by atoms with Crippen molar-refractivity contribution in [2.75, 3.05) is 45.8 Å². The molecular weight excluding hydrogens is 961 g/mol. The van der Waals surface area contributed by atoms with Gasteiger partial charge in [0.15, 0.2) is 5.96 Å². The number of nitrogens with two attached hydrogens (primary N) is 6. The molecule has 1 aromatic heterocycles. The number of hydrogen-bond donors (Lipinski definition) is 18. The number of carbonyl (C=O) groups excluding carboxylic acids is 8. The molecule has 0 spiro atoms. The van der Waals surface area contributed by atoms with Crippen LogP contribution in [0.1, 0.15) is 76.8 Å².